The maximum absolute atomic E-state index is 12.0. The largest absolute Gasteiger partial charge is 0.480 e. The van der Waals surface area contributed by atoms with Crippen molar-refractivity contribution in [1.29, 1.82) is 0 Å². The van der Waals surface area contributed by atoms with E-state index in [1.807, 2.05) is 45.0 Å². The number of amides is 1. The Balaban J connectivity index is 2.62. The SMILES string of the molecule is CCCC(NC(=O)CC(C)c1ccccc1C)C(=O)O. The van der Waals surface area contributed by atoms with Gasteiger partial charge in [0.2, 0.25) is 5.91 Å². The average molecular weight is 277 g/mol. The summed E-state index contributed by atoms with van der Waals surface area (Å²) in [6.45, 7) is 5.90. The molecule has 110 valence electrons. The van der Waals surface area contributed by atoms with Crippen LogP contribution in [0.15, 0.2) is 24.3 Å². The van der Waals surface area contributed by atoms with E-state index in [0.29, 0.717) is 12.8 Å². The average Bonchev–Trinajstić information content (AvgIpc) is 2.38. The monoisotopic (exact) mass is 277 g/mol. The van der Waals surface area contributed by atoms with Gasteiger partial charge < -0.3 is 10.4 Å². The van der Waals surface area contributed by atoms with Gasteiger partial charge in [0.1, 0.15) is 6.04 Å². The van der Waals surface area contributed by atoms with Gasteiger partial charge in [0.05, 0.1) is 0 Å². The molecule has 0 radical (unpaired) electrons. The quantitative estimate of drug-likeness (QED) is 0.805. The zero-order chi connectivity index (χ0) is 15.1. The van der Waals surface area contributed by atoms with E-state index in [2.05, 4.69) is 5.32 Å². The summed E-state index contributed by atoms with van der Waals surface area (Å²) in [4.78, 5) is 23.0. The molecular formula is C16H23NO3. The summed E-state index contributed by atoms with van der Waals surface area (Å²) >= 11 is 0. The van der Waals surface area contributed by atoms with Gasteiger partial charge in [-0.1, -0.05) is 44.5 Å². The van der Waals surface area contributed by atoms with Crippen molar-refractivity contribution in [1.82, 2.24) is 5.32 Å². The van der Waals surface area contributed by atoms with Crippen molar-refractivity contribution in [3.63, 3.8) is 0 Å². The van der Waals surface area contributed by atoms with Gasteiger partial charge in [-0.25, -0.2) is 4.79 Å². The molecule has 1 aromatic rings. The summed E-state index contributed by atoms with van der Waals surface area (Å²) in [7, 11) is 0. The molecule has 2 unspecified atom stereocenters. The molecule has 1 amide bonds. The highest BCUT2D eigenvalue weighted by Gasteiger charge is 2.20. The number of benzene rings is 1. The molecule has 2 atom stereocenters. The highest BCUT2D eigenvalue weighted by atomic mass is 16.4. The van der Waals surface area contributed by atoms with Crippen LogP contribution in [0.1, 0.15) is 50.2 Å². The standard InChI is InChI=1S/C16H23NO3/c1-4-7-14(16(19)20)17-15(18)10-12(3)13-9-6-5-8-11(13)2/h5-6,8-9,12,14H,4,7,10H2,1-3H3,(H,17,18)(H,19,20). The predicted octanol–water partition coefficient (Wildman–Crippen LogP) is 2.86. The second-order valence-electron chi connectivity index (χ2n) is 5.21. The van der Waals surface area contributed by atoms with E-state index in [1.165, 1.54) is 0 Å². The first kappa shape index (κ1) is 16.2. The first-order valence-electron chi connectivity index (χ1n) is 7.03. The highest BCUT2D eigenvalue weighted by Crippen LogP contribution is 2.22. The van der Waals surface area contributed by atoms with Crippen molar-refractivity contribution >= 4 is 11.9 Å². The van der Waals surface area contributed by atoms with Crippen molar-refractivity contribution < 1.29 is 14.7 Å². The molecule has 0 aliphatic rings. The summed E-state index contributed by atoms with van der Waals surface area (Å²) < 4.78 is 0. The zero-order valence-corrected chi connectivity index (χ0v) is 12.3. The number of hydrogen-bond donors (Lipinski definition) is 2. The van der Waals surface area contributed by atoms with Gasteiger partial charge in [0.15, 0.2) is 0 Å². The minimum atomic E-state index is -0.969. The highest BCUT2D eigenvalue weighted by molar-refractivity contribution is 5.83. The predicted molar refractivity (Wildman–Crippen MR) is 78.7 cm³/mol. The maximum Gasteiger partial charge on any atom is 0.326 e. The van der Waals surface area contributed by atoms with E-state index >= 15 is 0 Å². The Kier molecular flexibility index (Phi) is 6.22. The molecule has 1 aromatic carbocycles. The number of carbonyl (C=O) groups is 2. The van der Waals surface area contributed by atoms with Crippen LogP contribution in [0, 0.1) is 6.92 Å². The van der Waals surface area contributed by atoms with Gasteiger partial charge in [-0.3, -0.25) is 4.79 Å². The van der Waals surface area contributed by atoms with Crippen molar-refractivity contribution in [2.45, 2.75) is 52.0 Å². The van der Waals surface area contributed by atoms with Gasteiger partial charge in [0.25, 0.3) is 0 Å². The normalized spacial score (nSPS) is 13.6. The second-order valence-corrected chi connectivity index (χ2v) is 5.21. The molecule has 20 heavy (non-hydrogen) atoms. The Labute approximate surface area is 120 Å². The Morgan fingerprint density at radius 1 is 1.30 bits per heavy atom. The number of nitrogens with one attached hydrogen (secondary N) is 1. The van der Waals surface area contributed by atoms with Crippen molar-refractivity contribution in [2.75, 3.05) is 0 Å². The molecule has 0 bridgehead atoms. The van der Waals surface area contributed by atoms with E-state index in [1.54, 1.807) is 0 Å². The van der Waals surface area contributed by atoms with Crippen LogP contribution >= 0.6 is 0 Å². The summed E-state index contributed by atoms with van der Waals surface area (Å²) in [5, 5.41) is 11.6. The summed E-state index contributed by atoms with van der Waals surface area (Å²) in [6.07, 6.45) is 1.49. The van der Waals surface area contributed by atoms with Crippen LogP contribution in [0.2, 0.25) is 0 Å². The molecule has 0 aromatic heterocycles. The molecular weight excluding hydrogens is 254 g/mol. The Morgan fingerprint density at radius 3 is 2.50 bits per heavy atom. The Morgan fingerprint density at radius 2 is 1.95 bits per heavy atom. The fourth-order valence-corrected chi connectivity index (χ4v) is 2.33. The van der Waals surface area contributed by atoms with Crippen LogP contribution in [0.25, 0.3) is 0 Å². The fraction of sp³-hybridized carbons (Fsp3) is 0.500. The molecule has 2 N–H and O–H groups in total. The molecule has 0 saturated carbocycles. The topological polar surface area (TPSA) is 66.4 Å². The summed E-state index contributed by atoms with van der Waals surface area (Å²) in [5.41, 5.74) is 2.28. The van der Waals surface area contributed by atoms with E-state index in [4.69, 9.17) is 5.11 Å². The third-order valence-corrected chi connectivity index (χ3v) is 3.42. The molecule has 0 aliphatic heterocycles. The van der Waals surface area contributed by atoms with E-state index in [9.17, 15) is 9.59 Å². The van der Waals surface area contributed by atoms with E-state index < -0.39 is 12.0 Å². The van der Waals surface area contributed by atoms with Crippen molar-refractivity contribution in [3.05, 3.63) is 35.4 Å². The van der Waals surface area contributed by atoms with Crippen LogP contribution in [-0.4, -0.2) is 23.0 Å². The lowest BCUT2D eigenvalue weighted by Gasteiger charge is -2.17. The number of rotatable bonds is 7. The number of aryl methyl sites for hydroxylation is 1. The third-order valence-electron chi connectivity index (χ3n) is 3.42. The second kappa shape index (κ2) is 7.68. The molecule has 0 saturated heterocycles. The first-order valence-corrected chi connectivity index (χ1v) is 7.03. The molecule has 0 fully saturated rings. The zero-order valence-electron chi connectivity index (χ0n) is 12.3. The number of carboxylic acid groups (broad SMARTS) is 1. The Hall–Kier alpha value is -1.84. The van der Waals surface area contributed by atoms with E-state index in [-0.39, 0.29) is 11.8 Å². The lowest BCUT2D eigenvalue weighted by molar-refractivity contribution is -0.142. The van der Waals surface area contributed by atoms with Gasteiger partial charge >= 0.3 is 5.97 Å². The van der Waals surface area contributed by atoms with Gasteiger partial charge in [-0.05, 0) is 30.4 Å². The molecule has 1 rings (SSSR count). The van der Waals surface area contributed by atoms with Crippen LogP contribution in [0.3, 0.4) is 0 Å². The fourth-order valence-electron chi connectivity index (χ4n) is 2.33. The first-order chi connectivity index (χ1) is 9.45. The summed E-state index contributed by atoms with van der Waals surface area (Å²) in [6, 6.07) is 7.16. The molecule has 0 heterocycles. The lowest BCUT2D eigenvalue weighted by atomic mass is 9.93. The van der Waals surface area contributed by atoms with Crippen molar-refractivity contribution in [2.24, 2.45) is 0 Å². The minimum absolute atomic E-state index is 0.0762. The minimum Gasteiger partial charge on any atom is -0.480 e. The lowest BCUT2D eigenvalue weighted by Crippen LogP contribution is -2.41. The van der Waals surface area contributed by atoms with Crippen LogP contribution < -0.4 is 5.32 Å². The number of carboxylic acids is 1. The summed E-state index contributed by atoms with van der Waals surface area (Å²) in [5.74, 6) is -1.10. The molecule has 4 nitrogen and oxygen atoms in total. The molecule has 0 spiro atoms. The van der Waals surface area contributed by atoms with E-state index in [0.717, 1.165) is 17.5 Å². The van der Waals surface area contributed by atoms with Gasteiger partial charge in [-0.15, -0.1) is 0 Å². The molecule has 0 aliphatic carbocycles. The van der Waals surface area contributed by atoms with Crippen molar-refractivity contribution in [3.8, 4) is 0 Å². The molecule has 4 heteroatoms. The maximum atomic E-state index is 12.0. The number of aliphatic carboxylic acids is 1. The van der Waals surface area contributed by atoms with Crippen LogP contribution in [-0.2, 0) is 9.59 Å². The van der Waals surface area contributed by atoms with Gasteiger partial charge in [-0.2, -0.15) is 0 Å². The van der Waals surface area contributed by atoms with Gasteiger partial charge in [0, 0.05) is 6.42 Å². The smallest absolute Gasteiger partial charge is 0.326 e. The third kappa shape index (κ3) is 4.68. The number of hydrogen-bond acceptors (Lipinski definition) is 2. The Bertz CT molecular complexity index is 471. The number of carbonyl (C=O) groups excluding carboxylic acids is 1. The van der Waals surface area contributed by atoms with Crippen LogP contribution in [0.5, 0.6) is 0 Å². The van der Waals surface area contributed by atoms with Crippen LogP contribution in [0.4, 0.5) is 0 Å².